The summed E-state index contributed by atoms with van der Waals surface area (Å²) in [7, 11) is 0. The second-order valence-corrected chi connectivity index (χ2v) is 4.55. The fraction of sp³-hybridized carbons (Fsp3) is 0.727. The van der Waals surface area contributed by atoms with Crippen LogP contribution in [0.3, 0.4) is 0 Å². The molecule has 1 aromatic heterocycles. The van der Waals surface area contributed by atoms with Crippen LogP contribution < -0.4 is 5.32 Å². The maximum Gasteiger partial charge on any atom is 0.0861 e. The van der Waals surface area contributed by atoms with Gasteiger partial charge < -0.3 is 10.4 Å². The van der Waals surface area contributed by atoms with Gasteiger partial charge in [0, 0.05) is 30.3 Å². The minimum Gasteiger partial charge on any atom is -0.388 e. The van der Waals surface area contributed by atoms with Gasteiger partial charge in [-0.05, 0) is 26.8 Å². The molecule has 1 aromatic rings. The van der Waals surface area contributed by atoms with Gasteiger partial charge in [0.1, 0.15) is 0 Å². The maximum absolute atomic E-state index is 10.1. The highest BCUT2D eigenvalue weighted by atomic mass is 16.3. The number of aromatic nitrogens is 2. The van der Waals surface area contributed by atoms with Crippen molar-refractivity contribution in [1.29, 1.82) is 0 Å². The summed E-state index contributed by atoms with van der Waals surface area (Å²) in [5.41, 5.74) is 0.942. The van der Waals surface area contributed by atoms with E-state index in [-0.39, 0.29) is 6.10 Å². The first kappa shape index (κ1) is 10.6. The van der Waals surface area contributed by atoms with Gasteiger partial charge in [-0.15, -0.1) is 0 Å². The number of nitrogens with one attached hydrogen (secondary N) is 1. The minimum absolute atomic E-state index is 0.342. The molecule has 0 spiro atoms. The SMILES string of the molecule is CC(C)n1cc(C(O)C2CCNC2)cn1. The van der Waals surface area contributed by atoms with Crippen LogP contribution in [-0.4, -0.2) is 28.0 Å². The molecule has 1 aliphatic rings. The van der Waals surface area contributed by atoms with Crippen molar-refractivity contribution in [1.82, 2.24) is 15.1 Å². The zero-order valence-corrected chi connectivity index (χ0v) is 9.35. The average molecular weight is 209 g/mol. The molecule has 4 heteroatoms. The van der Waals surface area contributed by atoms with Crippen LogP contribution in [0.2, 0.25) is 0 Å². The molecule has 0 radical (unpaired) electrons. The summed E-state index contributed by atoms with van der Waals surface area (Å²) in [4.78, 5) is 0. The molecule has 0 aromatic carbocycles. The number of hydrogen-bond donors (Lipinski definition) is 2. The van der Waals surface area contributed by atoms with Crippen molar-refractivity contribution in [3.63, 3.8) is 0 Å². The van der Waals surface area contributed by atoms with Crippen LogP contribution in [0, 0.1) is 5.92 Å². The van der Waals surface area contributed by atoms with Gasteiger partial charge >= 0.3 is 0 Å². The van der Waals surface area contributed by atoms with E-state index >= 15 is 0 Å². The summed E-state index contributed by atoms with van der Waals surface area (Å²) >= 11 is 0. The Balaban J connectivity index is 2.07. The highest BCUT2D eigenvalue weighted by molar-refractivity contribution is 5.10. The quantitative estimate of drug-likeness (QED) is 0.784. The van der Waals surface area contributed by atoms with Crippen molar-refractivity contribution < 1.29 is 5.11 Å². The Morgan fingerprint density at radius 1 is 1.60 bits per heavy atom. The zero-order chi connectivity index (χ0) is 10.8. The van der Waals surface area contributed by atoms with E-state index < -0.39 is 0 Å². The molecule has 2 N–H and O–H groups in total. The summed E-state index contributed by atoms with van der Waals surface area (Å²) in [6, 6.07) is 0.354. The predicted octanol–water partition coefficient (Wildman–Crippen LogP) is 1.11. The Hall–Kier alpha value is -0.870. The van der Waals surface area contributed by atoms with E-state index in [1.165, 1.54) is 0 Å². The Bertz CT molecular complexity index is 315. The van der Waals surface area contributed by atoms with Crippen molar-refractivity contribution in [2.24, 2.45) is 5.92 Å². The molecule has 2 unspecified atom stereocenters. The maximum atomic E-state index is 10.1. The highest BCUT2D eigenvalue weighted by Gasteiger charge is 2.25. The van der Waals surface area contributed by atoms with E-state index in [1.54, 1.807) is 6.20 Å². The van der Waals surface area contributed by atoms with E-state index in [4.69, 9.17) is 0 Å². The fourth-order valence-corrected chi connectivity index (χ4v) is 2.01. The van der Waals surface area contributed by atoms with Crippen molar-refractivity contribution in [2.75, 3.05) is 13.1 Å². The monoisotopic (exact) mass is 209 g/mol. The number of hydrogen-bond acceptors (Lipinski definition) is 3. The van der Waals surface area contributed by atoms with Crippen LogP contribution in [0.1, 0.15) is 38.0 Å². The van der Waals surface area contributed by atoms with E-state index in [0.29, 0.717) is 12.0 Å². The third kappa shape index (κ3) is 2.21. The first-order chi connectivity index (χ1) is 7.18. The summed E-state index contributed by atoms with van der Waals surface area (Å²) < 4.78 is 1.89. The molecular formula is C11H19N3O. The van der Waals surface area contributed by atoms with Gasteiger partial charge in [0.2, 0.25) is 0 Å². The van der Waals surface area contributed by atoms with Gasteiger partial charge in [-0.3, -0.25) is 4.68 Å². The van der Waals surface area contributed by atoms with Crippen molar-refractivity contribution >= 4 is 0 Å². The van der Waals surface area contributed by atoms with Gasteiger partial charge in [-0.1, -0.05) is 0 Å². The molecular weight excluding hydrogens is 190 g/mol. The van der Waals surface area contributed by atoms with Crippen LogP contribution in [0.4, 0.5) is 0 Å². The summed E-state index contributed by atoms with van der Waals surface area (Å²) in [6.45, 7) is 6.09. The van der Waals surface area contributed by atoms with Crippen LogP contribution >= 0.6 is 0 Å². The van der Waals surface area contributed by atoms with Crippen LogP contribution in [0.25, 0.3) is 0 Å². The lowest BCUT2D eigenvalue weighted by Crippen LogP contribution is -2.15. The summed E-state index contributed by atoms with van der Waals surface area (Å²) in [6.07, 6.45) is 4.41. The third-order valence-electron chi connectivity index (χ3n) is 3.04. The van der Waals surface area contributed by atoms with Gasteiger partial charge in [0.05, 0.1) is 12.3 Å². The molecule has 4 nitrogen and oxygen atoms in total. The molecule has 2 heterocycles. The lowest BCUT2D eigenvalue weighted by molar-refractivity contribution is 0.118. The lowest BCUT2D eigenvalue weighted by Gasteiger charge is -2.15. The van der Waals surface area contributed by atoms with E-state index in [9.17, 15) is 5.11 Å². The molecule has 0 amide bonds. The topological polar surface area (TPSA) is 50.1 Å². The summed E-state index contributed by atoms with van der Waals surface area (Å²) in [5.74, 6) is 0.342. The summed E-state index contributed by atoms with van der Waals surface area (Å²) in [5, 5.41) is 17.6. The molecule has 1 saturated heterocycles. The molecule has 15 heavy (non-hydrogen) atoms. The number of rotatable bonds is 3. The first-order valence-electron chi connectivity index (χ1n) is 5.61. The van der Waals surface area contributed by atoms with Gasteiger partial charge in [-0.2, -0.15) is 5.10 Å². The van der Waals surface area contributed by atoms with E-state index in [0.717, 1.165) is 25.1 Å². The first-order valence-corrected chi connectivity index (χ1v) is 5.61. The van der Waals surface area contributed by atoms with Gasteiger partial charge in [-0.25, -0.2) is 0 Å². The van der Waals surface area contributed by atoms with Crippen molar-refractivity contribution in [2.45, 2.75) is 32.4 Å². The zero-order valence-electron chi connectivity index (χ0n) is 9.35. The molecule has 2 rings (SSSR count). The average Bonchev–Trinajstić information content (AvgIpc) is 2.88. The Morgan fingerprint density at radius 3 is 2.93 bits per heavy atom. The number of nitrogens with zero attached hydrogens (tertiary/aromatic N) is 2. The fourth-order valence-electron chi connectivity index (χ4n) is 2.01. The van der Waals surface area contributed by atoms with E-state index in [1.807, 2.05) is 10.9 Å². The molecule has 1 aliphatic heterocycles. The molecule has 0 bridgehead atoms. The van der Waals surface area contributed by atoms with E-state index in [2.05, 4.69) is 24.3 Å². The van der Waals surface area contributed by atoms with Gasteiger partial charge in [0.15, 0.2) is 0 Å². The molecule has 2 atom stereocenters. The second-order valence-electron chi connectivity index (χ2n) is 4.55. The molecule has 84 valence electrons. The Morgan fingerprint density at radius 2 is 2.40 bits per heavy atom. The highest BCUT2D eigenvalue weighted by Crippen LogP contribution is 2.26. The number of aliphatic hydroxyl groups is 1. The van der Waals surface area contributed by atoms with Crippen molar-refractivity contribution in [3.05, 3.63) is 18.0 Å². The van der Waals surface area contributed by atoms with Gasteiger partial charge in [0.25, 0.3) is 0 Å². The second kappa shape index (κ2) is 4.33. The standard InChI is InChI=1S/C11H19N3O/c1-8(2)14-7-10(6-13-14)11(15)9-3-4-12-5-9/h6-9,11-12,15H,3-5H2,1-2H3. The van der Waals surface area contributed by atoms with Crippen LogP contribution in [0.15, 0.2) is 12.4 Å². The number of aliphatic hydroxyl groups excluding tert-OH is 1. The largest absolute Gasteiger partial charge is 0.388 e. The Kier molecular flexibility index (Phi) is 3.07. The Labute approximate surface area is 90.3 Å². The van der Waals surface area contributed by atoms with Crippen LogP contribution in [-0.2, 0) is 0 Å². The van der Waals surface area contributed by atoms with Crippen molar-refractivity contribution in [3.8, 4) is 0 Å². The molecule has 0 saturated carbocycles. The third-order valence-corrected chi connectivity index (χ3v) is 3.04. The lowest BCUT2D eigenvalue weighted by atomic mass is 9.97. The smallest absolute Gasteiger partial charge is 0.0861 e. The minimum atomic E-state index is -0.368. The molecule has 1 fully saturated rings. The van der Waals surface area contributed by atoms with Crippen LogP contribution in [0.5, 0.6) is 0 Å². The molecule has 0 aliphatic carbocycles. The predicted molar refractivity (Wildman–Crippen MR) is 58.5 cm³/mol. The normalized spacial score (nSPS) is 23.6.